The molecule has 3 rings (SSSR count). The van der Waals surface area contributed by atoms with Gasteiger partial charge in [-0.3, -0.25) is 9.79 Å². The number of nitrogens with zero attached hydrogens (tertiary/aromatic N) is 3. The maximum absolute atomic E-state index is 12.2. The number of aryl methyl sites for hydroxylation is 1. The van der Waals surface area contributed by atoms with E-state index in [0.717, 1.165) is 43.6 Å². The second-order valence-corrected chi connectivity index (χ2v) is 8.23. The maximum Gasteiger partial charge on any atom is 0.263 e. The number of hydrogen-bond donors (Lipinski definition) is 2. The predicted octanol–water partition coefficient (Wildman–Crippen LogP) is 3.72. The van der Waals surface area contributed by atoms with Crippen LogP contribution in [0.5, 0.6) is 0 Å². The summed E-state index contributed by atoms with van der Waals surface area (Å²) < 4.78 is 0. The van der Waals surface area contributed by atoms with Crippen molar-refractivity contribution in [1.82, 2.24) is 20.5 Å². The van der Waals surface area contributed by atoms with Crippen molar-refractivity contribution in [2.45, 2.75) is 33.1 Å². The molecule has 0 aliphatic carbocycles. The third-order valence-corrected chi connectivity index (χ3v) is 6.15. The number of aromatic nitrogens is 1. The molecule has 1 aromatic carbocycles. The minimum Gasteiger partial charge on any atom is -0.357 e. The lowest BCUT2D eigenvalue weighted by Crippen LogP contribution is -2.46. The van der Waals surface area contributed by atoms with Gasteiger partial charge in [-0.2, -0.15) is 0 Å². The molecule has 0 spiro atoms. The van der Waals surface area contributed by atoms with Crippen LogP contribution < -0.4 is 10.6 Å². The summed E-state index contributed by atoms with van der Waals surface area (Å²) in [6.07, 6.45) is 3.52. The molecule has 1 fully saturated rings. The third kappa shape index (κ3) is 7.23. The molecule has 2 heterocycles. The molecule has 1 aliphatic rings. The molecule has 164 valence electrons. The number of carbonyl (C=O) groups excluding carboxylic acids is 1. The largest absolute Gasteiger partial charge is 0.357 e. The van der Waals surface area contributed by atoms with E-state index in [1.165, 1.54) is 29.7 Å². The summed E-state index contributed by atoms with van der Waals surface area (Å²) in [5.74, 6) is 1.62. The molecule has 2 aromatic rings. The molecule has 0 atom stereocenters. The van der Waals surface area contributed by atoms with E-state index in [9.17, 15) is 4.79 Å². The van der Waals surface area contributed by atoms with E-state index < -0.39 is 0 Å². The van der Waals surface area contributed by atoms with Gasteiger partial charge in [-0.1, -0.05) is 30.3 Å². The smallest absolute Gasteiger partial charge is 0.263 e. The van der Waals surface area contributed by atoms with Gasteiger partial charge >= 0.3 is 0 Å². The number of thiazole rings is 1. The van der Waals surface area contributed by atoms with Crippen molar-refractivity contribution in [3.63, 3.8) is 0 Å². The van der Waals surface area contributed by atoms with Gasteiger partial charge in [-0.15, -0.1) is 35.3 Å². The number of rotatable bonds is 7. The Morgan fingerprint density at radius 1 is 1.23 bits per heavy atom. The number of nitrogens with one attached hydrogen (secondary N) is 2. The first-order valence-corrected chi connectivity index (χ1v) is 11.3. The van der Waals surface area contributed by atoms with Gasteiger partial charge in [0.25, 0.3) is 5.91 Å². The average Bonchev–Trinajstić information content (AvgIpc) is 3.17. The second kappa shape index (κ2) is 12.9. The first kappa shape index (κ1) is 24.6. The van der Waals surface area contributed by atoms with E-state index in [4.69, 9.17) is 4.99 Å². The molecular formula is C22H32IN5OS. The van der Waals surface area contributed by atoms with Gasteiger partial charge in [0.05, 0.1) is 17.7 Å². The molecular weight excluding hydrogens is 509 g/mol. The van der Waals surface area contributed by atoms with Gasteiger partial charge in [-0.25, -0.2) is 4.98 Å². The fourth-order valence-electron chi connectivity index (χ4n) is 3.65. The Morgan fingerprint density at radius 2 is 1.97 bits per heavy atom. The Balaban J connectivity index is 0.00000320. The highest BCUT2D eigenvalue weighted by Gasteiger charge is 2.21. The molecule has 1 aromatic heterocycles. The van der Waals surface area contributed by atoms with Crippen molar-refractivity contribution < 1.29 is 4.79 Å². The van der Waals surface area contributed by atoms with Crippen molar-refractivity contribution >= 4 is 47.2 Å². The fourth-order valence-corrected chi connectivity index (χ4v) is 4.37. The number of piperidine rings is 1. The predicted molar refractivity (Wildman–Crippen MR) is 135 cm³/mol. The van der Waals surface area contributed by atoms with Crippen LogP contribution in [0.25, 0.3) is 0 Å². The lowest BCUT2D eigenvalue weighted by Gasteiger charge is -2.34. The van der Waals surface area contributed by atoms with E-state index in [0.29, 0.717) is 18.0 Å². The Hall–Kier alpha value is -1.68. The molecule has 30 heavy (non-hydrogen) atoms. The van der Waals surface area contributed by atoms with Crippen LogP contribution in [0.3, 0.4) is 0 Å². The first-order chi connectivity index (χ1) is 14.2. The van der Waals surface area contributed by atoms with E-state index in [1.807, 2.05) is 6.92 Å². The van der Waals surface area contributed by atoms with E-state index in [1.54, 1.807) is 5.51 Å². The average molecular weight is 542 g/mol. The standard InChI is InChI=1S/C22H31N5OS.HI/c1-3-23-22(25-12-11-24-21(28)20-17(2)26-16-29-20)27-13-9-19(10-14-27)15-18-7-5-4-6-8-18;/h4-8,16,19H,3,9-15H2,1-2H3,(H,23,25)(H,24,28);1H. The number of guanidine groups is 1. The number of amides is 1. The van der Waals surface area contributed by atoms with E-state index >= 15 is 0 Å². The monoisotopic (exact) mass is 541 g/mol. The zero-order valence-electron chi connectivity index (χ0n) is 17.8. The second-order valence-electron chi connectivity index (χ2n) is 7.38. The van der Waals surface area contributed by atoms with Crippen LogP contribution in [0.4, 0.5) is 0 Å². The lowest BCUT2D eigenvalue weighted by molar-refractivity contribution is 0.0958. The molecule has 8 heteroatoms. The summed E-state index contributed by atoms with van der Waals surface area (Å²) >= 11 is 1.37. The van der Waals surface area contributed by atoms with Crippen molar-refractivity contribution in [2.24, 2.45) is 10.9 Å². The van der Waals surface area contributed by atoms with Crippen LogP contribution in [-0.4, -0.2) is 54.5 Å². The molecule has 1 saturated heterocycles. The number of likely N-dealkylation sites (tertiary alicyclic amines) is 1. The molecule has 0 saturated carbocycles. The van der Waals surface area contributed by atoms with Crippen molar-refractivity contribution in [2.75, 3.05) is 32.7 Å². The van der Waals surface area contributed by atoms with Gasteiger partial charge in [0.2, 0.25) is 0 Å². The molecule has 1 amide bonds. The van der Waals surface area contributed by atoms with E-state index in [2.05, 4.69) is 57.8 Å². The summed E-state index contributed by atoms with van der Waals surface area (Å²) in [6, 6.07) is 10.8. The van der Waals surface area contributed by atoms with Crippen LogP contribution in [0.2, 0.25) is 0 Å². The normalized spacial score (nSPS) is 14.9. The minimum absolute atomic E-state index is 0. The summed E-state index contributed by atoms with van der Waals surface area (Å²) in [4.78, 5) is 24.1. The van der Waals surface area contributed by atoms with Crippen molar-refractivity contribution in [1.29, 1.82) is 0 Å². The van der Waals surface area contributed by atoms with Crippen LogP contribution in [0.15, 0.2) is 40.8 Å². The molecule has 0 unspecified atom stereocenters. The highest BCUT2D eigenvalue weighted by atomic mass is 127. The summed E-state index contributed by atoms with van der Waals surface area (Å²) in [5.41, 5.74) is 3.91. The fraction of sp³-hybridized carbons (Fsp3) is 0.500. The van der Waals surface area contributed by atoms with Gasteiger partial charge in [0, 0.05) is 26.2 Å². The number of aliphatic imine (C=N–C) groups is 1. The Labute approximate surface area is 200 Å². The number of hydrogen-bond acceptors (Lipinski definition) is 4. The molecule has 1 aliphatic heterocycles. The van der Waals surface area contributed by atoms with Crippen LogP contribution in [-0.2, 0) is 6.42 Å². The number of halogens is 1. The quantitative estimate of drug-likeness (QED) is 0.243. The molecule has 0 bridgehead atoms. The van der Waals surface area contributed by atoms with Crippen LogP contribution in [0, 0.1) is 12.8 Å². The zero-order chi connectivity index (χ0) is 20.5. The SMILES string of the molecule is CCNC(=NCCNC(=O)c1scnc1C)N1CCC(Cc2ccccc2)CC1.I. The molecule has 2 N–H and O–H groups in total. The van der Waals surface area contributed by atoms with Crippen LogP contribution >= 0.6 is 35.3 Å². The summed E-state index contributed by atoms with van der Waals surface area (Å²) in [5, 5.41) is 6.34. The van der Waals surface area contributed by atoms with Crippen LogP contribution in [0.1, 0.15) is 40.7 Å². The number of carbonyl (C=O) groups is 1. The zero-order valence-corrected chi connectivity index (χ0v) is 20.9. The Morgan fingerprint density at radius 3 is 2.60 bits per heavy atom. The van der Waals surface area contributed by atoms with Gasteiger partial charge in [0.1, 0.15) is 4.88 Å². The first-order valence-electron chi connectivity index (χ1n) is 10.4. The Bertz CT molecular complexity index is 803. The maximum atomic E-state index is 12.2. The third-order valence-electron chi connectivity index (χ3n) is 5.23. The van der Waals surface area contributed by atoms with E-state index in [-0.39, 0.29) is 29.9 Å². The van der Waals surface area contributed by atoms with Gasteiger partial charge in [0.15, 0.2) is 5.96 Å². The highest BCUT2D eigenvalue weighted by molar-refractivity contribution is 14.0. The molecule has 0 radical (unpaired) electrons. The topological polar surface area (TPSA) is 69.6 Å². The summed E-state index contributed by atoms with van der Waals surface area (Å²) in [7, 11) is 0. The van der Waals surface area contributed by atoms with Gasteiger partial charge in [-0.05, 0) is 44.6 Å². The van der Waals surface area contributed by atoms with Gasteiger partial charge < -0.3 is 15.5 Å². The lowest BCUT2D eigenvalue weighted by atomic mass is 9.90. The minimum atomic E-state index is -0.0630. The molecule has 6 nitrogen and oxygen atoms in total. The highest BCUT2D eigenvalue weighted by Crippen LogP contribution is 2.21. The van der Waals surface area contributed by atoms with Crippen molar-refractivity contribution in [3.05, 3.63) is 52.0 Å². The Kier molecular flexibility index (Phi) is 10.6. The number of benzene rings is 1. The van der Waals surface area contributed by atoms with Crippen molar-refractivity contribution in [3.8, 4) is 0 Å². The summed E-state index contributed by atoms with van der Waals surface area (Å²) in [6.45, 7) is 7.92.